The average Bonchev–Trinajstić information content (AvgIpc) is 2.27. The summed E-state index contributed by atoms with van der Waals surface area (Å²) in [6.45, 7) is 0. The van der Waals surface area contributed by atoms with Crippen LogP contribution < -0.4 is 5.32 Å². The highest BCUT2D eigenvalue weighted by Gasteiger charge is 2.32. The highest BCUT2D eigenvalue weighted by Crippen LogP contribution is 2.15. The van der Waals surface area contributed by atoms with Gasteiger partial charge in [0.1, 0.15) is 12.1 Å². The highest BCUT2D eigenvalue weighted by molar-refractivity contribution is 5.71. The summed E-state index contributed by atoms with van der Waals surface area (Å²) in [5, 5.41) is 3.71. The number of rotatable bonds is 0. The fourth-order valence-corrected chi connectivity index (χ4v) is 1.07. The minimum absolute atomic E-state index is 0.0718. The number of hydrogen-bond donors (Lipinski definition) is 0. The van der Waals surface area contributed by atoms with Gasteiger partial charge in [-0.05, 0) is 6.08 Å². The summed E-state index contributed by atoms with van der Waals surface area (Å²) >= 11 is 0. The molecule has 10 heavy (non-hydrogen) atoms. The quantitative estimate of drug-likeness (QED) is 0.489. The lowest BCUT2D eigenvalue weighted by molar-refractivity contribution is 0.155. The van der Waals surface area contributed by atoms with Crippen molar-refractivity contribution in [2.45, 2.75) is 12.1 Å². The van der Waals surface area contributed by atoms with Crippen LogP contribution in [-0.2, 0) is 4.74 Å². The Hall–Kier alpha value is -1.25. The van der Waals surface area contributed by atoms with E-state index in [4.69, 9.17) is 4.74 Å². The van der Waals surface area contributed by atoms with Crippen molar-refractivity contribution in [1.29, 1.82) is 0 Å². The van der Waals surface area contributed by atoms with Gasteiger partial charge in [0.2, 0.25) is 0 Å². The number of carbonyl (C=O) groups is 1. The Morgan fingerprint density at radius 1 is 1.40 bits per heavy atom. The predicted octanol–water partition coefficient (Wildman–Crippen LogP) is 0.604. The summed E-state index contributed by atoms with van der Waals surface area (Å²) in [7, 11) is 0. The van der Waals surface area contributed by atoms with Gasteiger partial charge in [0, 0.05) is 0 Å². The number of ether oxygens (including phenoxy) is 1. The van der Waals surface area contributed by atoms with Crippen molar-refractivity contribution in [3.05, 3.63) is 24.3 Å². The molecule has 1 aliphatic heterocycles. The van der Waals surface area contributed by atoms with Crippen LogP contribution in [0.3, 0.4) is 0 Å². The van der Waals surface area contributed by atoms with Gasteiger partial charge in [0.05, 0.1) is 0 Å². The number of carbonyl (C=O) groups excluding carboxylic acids is 1. The van der Waals surface area contributed by atoms with Gasteiger partial charge in [-0.3, -0.25) is 0 Å². The maximum atomic E-state index is 10.6. The zero-order valence-electron chi connectivity index (χ0n) is 5.23. The molecule has 0 bridgehead atoms. The van der Waals surface area contributed by atoms with E-state index in [0.29, 0.717) is 0 Å². The molecule has 1 radical (unpaired) electrons. The average molecular weight is 136 g/mol. The SMILES string of the molecule is O=C1[N]C2C=CC=CC2O1. The third kappa shape index (κ3) is 0.708. The predicted molar refractivity (Wildman–Crippen MR) is 34.5 cm³/mol. The molecular weight excluding hydrogens is 130 g/mol. The molecule has 1 heterocycles. The van der Waals surface area contributed by atoms with Crippen LogP contribution in [0.25, 0.3) is 0 Å². The molecule has 0 N–H and O–H groups in total. The maximum Gasteiger partial charge on any atom is 0.430 e. The summed E-state index contributed by atoms with van der Waals surface area (Å²) in [4.78, 5) is 10.6. The molecule has 0 aromatic rings. The van der Waals surface area contributed by atoms with Gasteiger partial charge in [-0.15, -0.1) is 0 Å². The van der Waals surface area contributed by atoms with Gasteiger partial charge in [-0.1, -0.05) is 18.2 Å². The lowest BCUT2D eigenvalue weighted by Crippen LogP contribution is -2.23. The Labute approximate surface area is 58.4 Å². The molecule has 0 saturated carbocycles. The molecule has 2 unspecified atom stereocenters. The van der Waals surface area contributed by atoms with Gasteiger partial charge in [-0.25, -0.2) is 10.1 Å². The maximum absolute atomic E-state index is 10.6. The van der Waals surface area contributed by atoms with E-state index in [1.54, 1.807) is 0 Å². The number of allylic oxidation sites excluding steroid dienone is 2. The van der Waals surface area contributed by atoms with Gasteiger partial charge in [0.15, 0.2) is 0 Å². The van der Waals surface area contributed by atoms with Crippen molar-refractivity contribution < 1.29 is 9.53 Å². The first-order valence-corrected chi connectivity index (χ1v) is 3.13. The van der Waals surface area contributed by atoms with E-state index < -0.39 is 6.09 Å². The van der Waals surface area contributed by atoms with Crippen molar-refractivity contribution >= 4 is 6.09 Å². The summed E-state index contributed by atoms with van der Waals surface area (Å²) in [6.07, 6.45) is 6.82. The van der Waals surface area contributed by atoms with E-state index in [1.165, 1.54) is 0 Å². The van der Waals surface area contributed by atoms with Crippen LogP contribution in [0.2, 0.25) is 0 Å². The monoisotopic (exact) mass is 136 g/mol. The van der Waals surface area contributed by atoms with E-state index in [0.717, 1.165) is 0 Å². The van der Waals surface area contributed by atoms with Crippen LogP contribution in [0.1, 0.15) is 0 Å². The molecule has 1 aliphatic carbocycles. The smallest absolute Gasteiger partial charge is 0.430 e. The van der Waals surface area contributed by atoms with Crippen LogP contribution in [-0.4, -0.2) is 18.2 Å². The van der Waals surface area contributed by atoms with Crippen LogP contribution >= 0.6 is 0 Å². The van der Waals surface area contributed by atoms with E-state index in [1.807, 2.05) is 24.3 Å². The van der Waals surface area contributed by atoms with Crippen LogP contribution in [0, 0.1) is 0 Å². The molecule has 2 rings (SSSR count). The van der Waals surface area contributed by atoms with Crippen molar-refractivity contribution in [3.8, 4) is 0 Å². The number of hydrogen-bond acceptors (Lipinski definition) is 2. The van der Waals surface area contributed by atoms with E-state index >= 15 is 0 Å². The Morgan fingerprint density at radius 2 is 2.20 bits per heavy atom. The van der Waals surface area contributed by atoms with Crippen molar-refractivity contribution in [2.24, 2.45) is 0 Å². The normalized spacial score (nSPS) is 35.0. The Bertz CT molecular complexity index is 198. The zero-order chi connectivity index (χ0) is 6.97. The summed E-state index contributed by atoms with van der Waals surface area (Å²) < 4.78 is 4.82. The van der Waals surface area contributed by atoms with Gasteiger partial charge >= 0.3 is 6.09 Å². The first-order valence-electron chi connectivity index (χ1n) is 3.13. The second-order valence-corrected chi connectivity index (χ2v) is 2.24. The summed E-state index contributed by atoms with van der Waals surface area (Å²) in [5.41, 5.74) is 0. The fraction of sp³-hybridized carbons (Fsp3) is 0.286. The molecule has 3 heteroatoms. The zero-order valence-corrected chi connectivity index (χ0v) is 5.23. The molecule has 1 saturated heterocycles. The fourth-order valence-electron chi connectivity index (χ4n) is 1.07. The molecule has 2 atom stereocenters. The highest BCUT2D eigenvalue weighted by atomic mass is 16.6. The Balaban J connectivity index is 2.22. The molecule has 51 valence electrons. The van der Waals surface area contributed by atoms with Gasteiger partial charge in [0.25, 0.3) is 0 Å². The molecule has 3 nitrogen and oxygen atoms in total. The molecule has 0 spiro atoms. The van der Waals surface area contributed by atoms with Crippen LogP contribution in [0.4, 0.5) is 4.79 Å². The van der Waals surface area contributed by atoms with E-state index in [9.17, 15) is 4.79 Å². The minimum Gasteiger partial charge on any atom is -0.438 e. The van der Waals surface area contributed by atoms with Crippen LogP contribution in [0.5, 0.6) is 0 Å². The Kier molecular flexibility index (Phi) is 1.03. The molecule has 0 aromatic heterocycles. The number of nitrogens with zero attached hydrogens (tertiary/aromatic N) is 1. The minimum atomic E-state index is -0.453. The summed E-state index contributed by atoms with van der Waals surface area (Å²) in [6, 6.07) is -0.0718. The lowest BCUT2D eigenvalue weighted by Gasteiger charge is -2.09. The largest absolute Gasteiger partial charge is 0.438 e. The molecule has 1 fully saturated rings. The molecule has 1 amide bonds. The van der Waals surface area contributed by atoms with E-state index in [-0.39, 0.29) is 12.1 Å². The Morgan fingerprint density at radius 3 is 3.00 bits per heavy atom. The van der Waals surface area contributed by atoms with Crippen molar-refractivity contribution in [3.63, 3.8) is 0 Å². The topological polar surface area (TPSA) is 40.4 Å². The van der Waals surface area contributed by atoms with Crippen molar-refractivity contribution in [1.82, 2.24) is 5.32 Å². The first kappa shape index (κ1) is 5.53. The third-order valence-electron chi connectivity index (χ3n) is 1.55. The molecule has 2 aliphatic rings. The second kappa shape index (κ2) is 1.87. The number of fused-ring (bicyclic) bond motifs is 1. The lowest BCUT2D eigenvalue weighted by atomic mass is 10.1. The molecule has 0 aromatic carbocycles. The van der Waals surface area contributed by atoms with Crippen molar-refractivity contribution in [2.75, 3.05) is 0 Å². The second-order valence-electron chi connectivity index (χ2n) is 2.24. The third-order valence-corrected chi connectivity index (χ3v) is 1.55. The van der Waals surface area contributed by atoms with Gasteiger partial charge in [-0.2, -0.15) is 0 Å². The molecular formula is C7H6NO2. The van der Waals surface area contributed by atoms with Crippen LogP contribution in [0.15, 0.2) is 24.3 Å². The first-order chi connectivity index (χ1) is 4.86. The standard InChI is InChI=1S/C7H6NO2/c9-7-8-5-3-1-2-4-6(5)10-7/h1-6H. The number of amides is 1. The van der Waals surface area contributed by atoms with Gasteiger partial charge < -0.3 is 4.74 Å². The van der Waals surface area contributed by atoms with E-state index in [2.05, 4.69) is 5.32 Å². The summed E-state index contributed by atoms with van der Waals surface area (Å²) in [5.74, 6) is 0.